The van der Waals surface area contributed by atoms with Crippen LogP contribution in [-0.4, -0.2) is 38.0 Å². The number of aliphatic hydroxyl groups is 1. The van der Waals surface area contributed by atoms with Gasteiger partial charge in [-0.1, -0.05) is 19.3 Å². The quantitative estimate of drug-likeness (QED) is 0.777. The third-order valence-electron chi connectivity index (χ3n) is 4.71. The molecule has 7 heteroatoms. The van der Waals surface area contributed by atoms with E-state index < -0.39 is 5.60 Å². The van der Waals surface area contributed by atoms with Gasteiger partial charge in [0, 0.05) is 19.5 Å². The van der Waals surface area contributed by atoms with E-state index in [2.05, 4.69) is 25.4 Å². The van der Waals surface area contributed by atoms with E-state index >= 15 is 0 Å². The van der Waals surface area contributed by atoms with Crippen molar-refractivity contribution in [1.82, 2.24) is 25.4 Å². The minimum Gasteiger partial charge on any atom is -0.388 e. The molecule has 0 radical (unpaired) electrons. The molecule has 0 saturated heterocycles. The Kier molecular flexibility index (Phi) is 4.61. The number of aryl methyl sites for hydroxylation is 1. The molecule has 3 rings (SSSR count). The molecular formula is C15H25N5O2. The van der Waals surface area contributed by atoms with Gasteiger partial charge in [-0.15, -0.1) is 10.2 Å². The van der Waals surface area contributed by atoms with Gasteiger partial charge in [-0.25, -0.2) is 4.79 Å². The van der Waals surface area contributed by atoms with Crippen LogP contribution in [0.5, 0.6) is 0 Å². The maximum atomic E-state index is 11.9. The van der Waals surface area contributed by atoms with Gasteiger partial charge in [-0.2, -0.15) is 0 Å². The highest BCUT2D eigenvalue weighted by atomic mass is 16.3. The number of rotatable bonds is 4. The van der Waals surface area contributed by atoms with Crippen LogP contribution < -0.4 is 10.6 Å². The Hall–Kier alpha value is -1.63. The molecule has 3 N–H and O–H groups in total. The number of aromatic nitrogens is 3. The summed E-state index contributed by atoms with van der Waals surface area (Å²) < 4.78 is 2.12. The van der Waals surface area contributed by atoms with E-state index in [4.69, 9.17) is 0 Å². The van der Waals surface area contributed by atoms with Crippen molar-refractivity contribution in [2.45, 2.75) is 70.1 Å². The molecule has 1 aromatic heterocycles. The van der Waals surface area contributed by atoms with Crippen LogP contribution in [0, 0.1) is 0 Å². The van der Waals surface area contributed by atoms with Crippen LogP contribution >= 0.6 is 0 Å². The lowest BCUT2D eigenvalue weighted by atomic mass is 10.0. The fourth-order valence-electron chi connectivity index (χ4n) is 3.35. The highest BCUT2D eigenvalue weighted by Gasteiger charge is 2.31. The van der Waals surface area contributed by atoms with Crippen molar-refractivity contribution in [2.24, 2.45) is 0 Å². The van der Waals surface area contributed by atoms with Crippen molar-refractivity contribution < 1.29 is 9.90 Å². The zero-order valence-corrected chi connectivity index (χ0v) is 13.0. The summed E-state index contributed by atoms with van der Waals surface area (Å²) in [4.78, 5) is 11.9. The molecule has 0 atom stereocenters. The van der Waals surface area contributed by atoms with E-state index in [0.717, 1.165) is 63.1 Å². The predicted molar refractivity (Wildman–Crippen MR) is 81.2 cm³/mol. The average molecular weight is 307 g/mol. The topological polar surface area (TPSA) is 92.1 Å². The van der Waals surface area contributed by atoms with Crippen LogP contribution in [0.1, 0.15) is 56.6 Å². The number of carbonyl (C=O) groups excluding carboxylic acids is 1. The first-order valence-electron chi connectivity index (χ1n) is 8.31. The molecule has 1 fully saturated rings. The van der Waals surface area contributed by atoms with Crippen molar-refractivity contribution in [3.63, 3.8) is 0 Å². The van der Waals surface area contributed by atoms with Gasteiger partial charge < -0.3 is 20.3 Å². The summed E-state index contributed by atoms with van der Waals surface area (Å²) in [6, 6.07) is -0.258. The Labute approximate surface area is 130 Å². The Morgan fingerprint density at radius 2 is 1.95 bits per heavy atom. The average Bonchev–Trinajstić information content (AvgIpc) is 3.03. The normalized spacial score (nSPS) is 20.2. The molecular weight excluding hydrogens is 282 g/mol. The first-order chi connectivity index (χ1) is 10.7. The van der Waals surface area contributed by atoms with E-state index in [0.29, 0.717) is 13.1 Å². The Bertz CT molecular complexity index is 522. The van der Waals surface area contributed by atoms with Crippen LogP contribution in [0.3, 0.4) is 0 Å². The van der Waals surface area contributed by atoms with Crippen LogP contribution in [0.4, 0.5) is 4.79 Å². The monoisotopic (exact) mass is 307 g/mol. The molecule has 22 heavy (non-hydrogen) atoms. The number of hydrogen-bond donors (Lipinski definition) is 3. The van der Waals surface area contributed by atoms with Crippen molar-refractivity contribution in [1.29, 1.82) is 0 Å². The lowest BCUT2D eigenvalue weighted by Gasteiger charge is -2.22. The van der Waals surface area contributed by atoms with Gasteiger partial charge in [0.15, 0.2) is 5.82 Å². The molecule has 2 amide bonds. The molecule has 0 bridgehead atoms. The summed E-state index contributed by atoms with van der Waals surface area (Å²) in [6.45, 7) is 1.62. The Morgan fingerprint density at radius 3 is 2.77 bits per heavy atom. The minimum absolute atomic E-state index is 0.258. The van der Waals surface area contributed by atoms with E-state index in [1.54, 1.807) is 0 Å². The van der Waals surface area contributed by atoms with Gasteiger partial charge in [-0.3, -0.25) is 0 Å². The summed E-state index contributed by atoms with van der Waals surface area (Å²) in [6.07, 6.45) is 8.08. The molecule has 0 unspecified atom stereocenters. The largest absolute Gasteiger partial charge is 0.388 e. The minimum atomic E-state index is -0.719. The van der Waals surface area contributed by atoms with Crippen molar-refractivity contribution >= 4 is 6.03 Å². The summed E-state index contributed by atoms with van der Waals surface area (Å²) >= 11 is 0. The Balaban J connectivity index is 1.48. The van der Waals surface area contributed by atoms with Gasteiger partial charge in [0.2, 0.25) is 0 Å². The number of amides is 2. The van der Waals surface area contributed by atoms with Crippen molar-refractivity contribution in [3.8, 4) is 0 Å². The van der Waals surface area contributed by atoms with Gasteiger partial charge >= 0.3 is 6.03 Å². The predicted octanol–water partition coefficient (Wildman–Crippen LogP) is 1.11. The van der Waals surface area contributed by atoms with Crippen LogP contribution in [0.2, 0.25) is 0 Å². The van der Waals surface area contributed by atoms with Crippen molar-refractivity contribution in [2.75, 3.05) is 6.54 Å². The standard InChI is InChI=1S/C15H25N5O2/c21-14(17-11-15(22)7-3-4-8-15)16-10-13-19-18-12-6-2-1-5-9-20(12)13/h22H,1-11H2,(H2,16,17,21). The molecule has 2 heterocycles. The van der Waals surface area contributed by atoms with Gasteiger partial charge in [0.25, 0.3) is 0 Å². The zero-order chi connectivity index (χ0) is 15.4. The third kappa shape index (κ3) is 3.58. The van der Waals surface area contributed by atoms with Gasteiger partial charge in [0.1, 0.15) is 5.82 Å². The second-order valence-corrected chi connectivity index (χ2v) is 6.46. The number of fused-ring (bicyclic) bond motifs is 1. The number of nitrogens with one attached hydrogen (secondary N) is 2. The molecule has 2 aliphatic rings. The summed E-state index contributed by atoms with van der Waals surface area (Å²) in [7, 11) is 0. The molecule has 0 spiro atoms. The highest BCUT2D eigenvalue weighted by Crippen LogP contribution is 2.28. The summed E-state index contributed by atoms with van der Waals surface area (Å²) in [5, 5.41) is 24.2. The van der Waals surface area contributed by atoms with Crippen LogP contribution in [0.25, 0.3) is 0 Å². The van der Waals surface area contributed by atoms with E-state index in [1.807, 2.05) is 0 Å². The number of urea groups is 1. The number of hydrogen-bond acceptors (Lipinski definition) is 4. The Morgan fingerprint density at radius 1 is 1.14 bits per heavy atom. The number of carbonyl (C=O) groups is 1. The zero-order valence-electron chi connectivity index (χ0n) is 13.0. The molecule has 1 aromatic rings. The molecule has 7 nitrogen and oxygen atoms in total. The lowest BCUT2D eigenvalue weighted by molar-refractivity contribution is 0.0501. The van der Waals surface area contributed by atoms with Gasteiger partial charge in [0.05, 0.1) is 12.1 Å². The van der Waals surface area contributed by atoms with Crippen molar-refractivity contribution in [3.05, 3.63) is 11.6 Å². The fourth-order valence-corrected chi connectivity index (χ4v) is 3.35. The second-order valence-electron chi connectivity index (χ2n) is 6.46. The van der Waals surface area contributed by atoms with Crippen LogP contribution in [-0.2, 0) is 19.5 Å². The van der Waals surface area contributed by atoms with Gasteiger partial charge in [-0.05, 0) is 25.7 Å². The summed E-state index contributed by atoms with van der Waals surface area (Å²) in [5.41, 5.74) is -0.719. The van der Waals surface area contributed by atoms with E-state index in [-0.39, 0.29) is 6.03 Å². The molecule has 0 aromatic carbocycles. The molecule has 1 aliphatic heterocycles. The smallest absolute Gasteiger partial charge is 0.315 e. The molecule has 1 aliphatic carbocycles. The second kappa shape index (κ2) is 6.64. The van der Waals surface area contributed by atoms with E-state index in [1.165, 1.54) is 6.42 Å². The first-order valence-corrected chi connectivity index (χ1v) is 8.31. The highest BCUT2D eigenvalue weighted by molar-refractivity contribution is 5.73. The maximum Gasteiger partial charge on any atom is 0.315 e. The SMILES string of the molecule is O=C(NCc1nnc2n1CCCCC2)NCC1(O)CCCC1. The molecule has 1 saturated carbocycles. The van der Waals surface area contributed by atoms with Crippen LogP contribution in [0.15, 0.2) is 0 Å². The van der Waals surface area contributed by atoms with E-state index in [9.17, 15) is 9.90 Å². The molecule has 122 valence electrons. The lowest BCUT2D eigenvalue weighted by Crippen LogP contribution is -2.45. The summed E-state index contributed by atoms with van der Waals surface area (Å²) in [5.74, 6) is 1.83. The fraction of sp³-hybridized carbons (Fsp3) is 0.800. The number of nitrogens with zero attached hydrogens (tertiary/aromatic N) is 3. The maximum absolute atomic E-state index is 11.9. The third-order valence-corrected chi connectivity index (χ3v) is 4.71. The first kappa shape index (κ1) is 15.3.